The molecule has 6 heteroatoms. The highest BCUT2D eigenvalue weighted by Crippen LogP contribution is 2.08. The summed E-state index contributed by atoms with van der Waals surface area (Å²) in [6.45, 7) is 0. The summed E-state index contributed by atoms with van der Waals surface area (Å²) in [4.78, 5) is 20.6. The van der Waals surface area contributed by atoms with Gasteiger partial charge in [0, 0.05) is 7.05 Å². The van der Waals surface area contributed by atoms with Crippen molar-refractivity contribution in [2.24, 2.45) is 0 Å². The first-order valence-electron chi connectivity index (χ1n) is 3.18. The van der Waals surface area contributed by atoms with E-state index in [-0.39, 0.29) is 5.91 Å². The van der Waals surface area contributed by atoms with Crippen molar-refractivity contribution in [3.05, 3.63) is 11.1 Å². The topological polar surface area (TPSA) is 42.4 Å². The van der Waals surface area contributed by atoms with Crippen LogP contribution < -0.4 is 4.75 Å². The van der Waals surface area contributed by atoms with Crippen molar-refractivity contribution >= 4 is 31.2 Å². The van der Waals surface area contributed by atoms with Crippen LogP contribution in [0.4, 0.5) is 0 Å². The van der Waals surface area contributed by atoms with E-state index in [1.165, 1.54) is 24.6 Å². The zero-order valence-corrected chi connectivity index (χ0v) is 8.75. The Morgan fingerprint density at radius 1 is 1.83 bits per heavy atom. The maximum atomic E-state index is 11.4. The number of amides is 1. The molecule has 0 aliphatic carbocycles. The second-order valence-corrected chi connectivity index (χ2v) is 4.08. The lowest BCUT2D eigenvalue weighted by atomic mass is 10.5. The maximum absolute atomic E-state index is 11.4. The minimum absolute atomic E-state index is 0.177. The summed E-state index contributed by atoms with van der Waals surface area (Å²) in [5.41, 5.74) is 0. The van der Waals surface area contributed by atoms with Gasteiger partial charge in [-0.05, 0) is 0 Å². The van der Waals surface area contributed by atoms with E-state index >= 15 is 0 Å². The molecular formula is C6H9N2O2PS. The molecule has 0 spiro atoms. The van der Waals surface area contributed by atoms with Crippen molar-refractivity contribution < 1.29 is 9.63 Å². The number of aromatic nitrogens is 1. The fourth-order valence-corrected chi connectivity index (χ4v) is 1.73. The number of carbonyl (C=O) groups excluding carboxylic acids is 1. The standard InChI is InChI=1S/C6H9N2O2PS/c1-8(10-2)5(9)4-3-7-6(11)12-4/h3H,11H2,1-2H3. The molecule has 1 atom stereocenters. The molecule has 0 radical (unpaired) electrons. The molecule has 0 N–H and O–H groups in total. The minimum Gasteiger partial charge on any atom is -0.274 e. The third-order valence-electron chi connectivity index (χ3n) is 1.29. The molecule has 1 unspecified atom stereocenters. The van der Waals surface area contributed by atoms with Gasteiger partial charge in [-0.25, -0.2) is 10.0 Å². The summed E-state index contributed by atoms with van der Waals surface area (Å²) in [5, 5.41) is 1.16. The van der Waals surface area contributed by atoms with Crippen LogP contribution >= 0.6 is 20.6 Å². The van der Waals surface area contributed by atoms with Gasteiger partial charge in [0.05, 0.1) is 13.3 Å². The van der Waals surface area contributed by atoms with Crippen molar-refractivity contribution in [1.82, 2.24) is 10.0 Å². The zero-order chi connectivity index (χ0) is 9.14. The molecule has 0 saturated heterocycles. The molecule has 1 aromatic rings. The first-order valence-corrected chi connectivity index (χ1v) is 4.58. The Bertz CT molecular complexity index is 289. The molecule has 4 nitrogen and oxygen atoms in total. The van der Waals surface area contributed by atoms with Crippen LogP contribution in [0.25, 0.3) is 0 Å². The average molecular weight is 204 g/mol. The van der Waals surface area contributed by atoms with Crippen molar-refractivity contribution in [1.29, 1.82) is 0 Å². The third kappa shape index (κ3) is 2.00. The van der Waals surface area contributed by atoms with Gasteiger partial charge in [0.2, 0.25) is 0 Å². The number of nitrogens with zero attached hydrogens (tertiary/aromatic N) is 2. The molecule has 12 heavy (non-hydrogen) atoms. The number of hydrogen-bond donors (Lipinski definition) is 0. The fourth-order valence-electron chi connectivity index (χ4n) is 0.625. The Balaban J connectivity index is 2.78. The molecule has 1 heterocycles. The van der Waals surface area contributed by atoms with Crippen LogP contribution in [0.1, 0.15) is 9.67 Å². The predicted molar refractivity (Wildman–Crippen MR) is 50.6 cm³/mol. The van der Waals surface area contributed by atoms with Gasteiger partial charge >= 0.3 is 0 Å². The minimum atomic E-state index is -0.177. The molecule has 0 aliphatic heterocycles. The highest BCUT2D eigenvalue weighted by molar-refractivity contribution is 7.43. The van der Waals surface area contributed by atoms with Crippen LogP contribution in [-0.2, 0) is 4.84 Å². The Hall–Kier alpha value is -0.510. The number of rotatable bonds is 2. The summed E-state index contributed by atoms with van der Waals surface area (Å²) in [5.74, 6) is -0.177. The van der Waals surface area contributed by atoms with E-state index in [0.29, 0.717) is 4.88 Å². The Morgan fingerprint density at radius 3 is 2.92 bits per heavy atom. The van der Waals surface area contributed by atoms with E-state index in [1.54, 1.807) is 7.05 Å². The molecular weight excluding hydrogens is 195 g/mol. The Morgan fingerprint density at radius 2 is 2.50 bits per heavy atom. The van der Waals surface area contributed by atoms with Crippen LogP contribution in [0.2, 0.25) is 0 Å². The highest BCUT2D eigenvalue weighted by Gasteiger charge is 2.13. The molecule has 1 rings (SSSR count). The van der Waals surface area contributed by atoms with Crippen LogP contribution in [0.3, 0.4) is 0 Å². The van der Waals surface area contributed by atoms with Crippen molar-refractivity contribution in [3.63, 3.8) is 0 Å². The van der Waals surface area contributed by atoms with Gasteiger partial charge in [0.25, 0.3) is 5.91 Å². The molecule has 0 fully saturated rings. The lowest BCUT2D eigenvalue weighted by Gasteiger charge is -2.10. The highest BCUT2D eigenvalue weighted by atomic mass is 32.1. The lowest BCUT2D eigenvalue weighted by Crippen LogP contribution is -2.24. The average Bonchev–Trinajstić information content (AvgIpc) is 2.49. The van der Waals surface area contributed by atoms with Crippen molar-refractivity contribution in [2.45, 2.75) is 0 Å². The quantitative estimate of drug-likeness (QED) is 0.513. The zero-order valence-electron chi connectivity index (χ0n) is 6.77. The van der Waals surface area contributed by atoms with E-state index in [2.05, 4.69) is 14.2 Å². The van der Waals surface area contributed by atoms with Crippen LogP contribution in [-0.4, -0.2) is 30.1 Å². The summed E-state index contributed by atoms with van der Waals surface area (Å²) >= 11 is 1.32. The molecule has 0 aliphatic rings. The Labute approximate surface area is 76.7 Å². The number of carbonyl (C=O) groups is 1. The van der Waals surface area contributed by atoms with Gasteiger partial charge in [-0.1, -0.05) is 9.24 Å². The first-order chi connectivity index (χ1) is 5.65. The SMILES string of the molecule is CON(C)C(=O)c1cnc(P)s1. The molecule has 0 aromatic carbocycles. The predicted octanol–water partition coefficient (Wildman–Crippen LogP) is 0.277. The summed E-state index contributed by atoms with van der Waals surface area (Å²) in [7, 11) is 5.44. The number of hydrogen-bond acceptors (Lipinski definition) is 4. The second kappa shape index (κ2) is 3.94. The van der Waals surface area contributed by atoms with E-state index in [0.717, 1.165) is 9.81 Å². The monoisotopic (exact) mass is 204 g/mol. The first kappa shape index (κ1) is 9.58. The number of hydroxylamine groups is 2. The summed E-state index contributed by atoms with van der Waals surface area (Å²) in [6, 6.07) is 0. The third-order valence-corrected chi connectivity index (χ3v) is 2.61. The molecule has 1 amide bonds. The summed E-state index contributed by atoms with van der Waals surface area (Å²) < 4.78 is 0.794. The van der Waals surface area contributed by atoms with Crippen LogP contribution in [0.5, 0.6) is 0 Å². The second-order valence-electron chi connectivity index (χ2n) is 2.05. The number of thiazole rings is 1. The van der Waals surface area contributed by atoms with Crippen LogP contribution in [0.15, 0.2) is 6.20 Å². The molecule has 0 saturated carbocycles. The van der Waals surface area contributed by atoms with Crippen molar-refractivity contribution in [3.8, 4) is 0 Å². The van der Waals surface area contributed by atoms with Crippen molar-refractivity contribution in [2.75, 3.05) is 14.2 Å². The normalized spacial score (nSPS) is 9.92. The van der Waals surface area contributed by atoms with Gasteiger partial charge in [0.15, 0.2) is 0 Å². The smallest absolute Gasteiger partial charge is 0.274 e. The molecule has 1 aromatic heterocycles. The largest absolute Gasteiger partial charge is 0.288 e. The van der Waals surface area contributed by atoms with E-state index in [9.17, 15) is 4.79 Å². The van der Waals surface area contributed by atoms with E-state index in [4.69, 9.17) is 4.84 Å². The fraction of sp³-hybridized carbons (Fsp3) is 0.333. The summed E-state index contributed by atoms with van der Waals surface area (Å²) in [6.07, 6.45) is 1.53. The van der Waals surface area contributed by atoms with Crippen LogP contribution in [0, 0.1) is 0 Å². The molecule has 0 bridgehead atoms. The van der Waals surface area contributed by atoms with Gasteiger partial charge in [-0.15, -0.1) is 11.3 Å². The van der Waals surface area contributed by atoms with Gasteiger partial charge < -0.3 is 0 Å². The van der Waals surface area contributed by atoms with Gasteiger partial charge in [0.1, 0.15) is 9.63 Å². The van der Waals surface area contributed by atoms with Gasteiger partial charge in [-0.3, -0.25) is 9.63 Å². The van der Waals surface area contributed by atoms with E-state index in [1.807, 2.05) is 0 Å². The maximum Gasteiger partial charge on any atom is 0.288 e. The van der Waals surface area contributed by atoms with Gasteiger partial charge in [-0.2, -0.15) is 0 Å². The van der Waals surface area contributed by atoms with E-state index < -0.39 is 0 Å². The molecule has 66 valence electrons. The Kier molecular flexibility index (Phi) is 3.14. The lowest BCUT2D eigenvalue weighted by molar-refractivity contribution is -0.0754.